The summed E-state index contributed by atoms with van der Waals surface area (Å²) in [7, 11) is 0. The number of nitriles is 2. The van der Waals surface area contributed by atoms with Crippen LogP contribution in [-0.2, 0) is 0 Å². The van der Waals surface area contributed by atoms with Crippen LogP contribution in [0.15, 0.2) is 24.3 Å². The minimum atomic E-state index is -0.972. The second-order valence-electron chi connectivity index (χ2n) is 2.95. The van der Waals surface area contributed by atoms with Crippen LogP contribution in [0.4, 0.5) is 4.39 Å². The highest BCUT2D eigenvalue weighted by molar-refractivity contribution is 5.96. The Morgan fingerprint density at radius 1 is 1.40 bits per heavy atom. The van der Waals surface area contributed by atoms with Crippen LogP contribution < -0.4 is 0 Å². The van der Waals surface area contributed by atoms with E-state index in [9.17, 15) is 9.18 Å². The Kier molecular flexibility index (Phi) is 3.54. The van der Waals surface area contributed by atoms with Gasteiger partial charge in [0.2, 0.25) is 0 Å². The molecule has 0 amide bonds. The average Bonchev–Trinajstić information content (AvgIpc) is 2.25. The van der Waals surface area contributed by atoms with E-state index < -0.39 is 17.5 Å². The van der Waals surface area contributed by atoms with Gasteiger partial charge < -0.3 is 0 Å². The molecule has 1 rings (SSSR count). The zero-order chi connectivity index (χ0) is 11.3. The van der Waals surface area contributed by atoms with Gasteiger partial charge in [0.05, 0.1) is 12.1 Å². The second-order valence-corrected chi connectivity index (χ2v) is 2.95. The summed E-state index contributed by atoms with van der Waals surface area (Å²) in [6.45, 7) is 0. The number of Topliss-reactive ketones (excluding diaryl/α,β-unsaturated/α-hetero) is 1. The molecule has 0 N–H and O–H groups in total. The van der Waals surface area contributed by atoms with Gasteiger partial charge in [-0.2, -0.15) is 10.5 Å². The molecular weight excluding hydrogens is 195 g/mol. The van der Waals surface area contributed by atoms with Gasteiger partial charge in [-0.25, -0.2) is 4.39 Å². The van der Waals surface area contributed by atoms with Gasteiger partial charge in [-0.05, 0) is 12.1 Å². The minimum absolute atomic E-state index is 0.186. The standard InChI is InChI=1S/C11H7FN2O/c12-10-3-1-2-9(5-10)11(15)4-8(6-13)7-14/h1-3,5,8H,4H2. The Balaban J connectivity index is 2.79. The number of nitrogens with zero attached hydrogens (tertiary/aromatic N) is 2. The predicted molar refractivity (Wildman–Crippen MR) is 50.1 cm³/mol. The van der Waals surface area contributed by atoms with E-state index in [1.54, 1.807) is 12.1 Å². The van der Waals surface area contributed by atoms with Crippen molar-refractivity contribution in [3.05, 3.63) is 35.6 Å². The third-order valence-electron chi connectivity index (χ3n) is 1.85. The van der Waals surface area contributed by atoms with Crippen LogP contribution >= 0.6 is 0 Å². The van der Waals surface area contributed by atoms with E-state index in [0.717, 1.165) is 6.07 Å². The molecule has 0 unspecified atom stereocenters. The van der Waals surface area contributed by atoms with Crippen molar-refractivity contribution in [1.29, 1.82) is 10.5 Å². The lowest BCUT2D eigenvalue weighted by molar-refractivity contribution is 0.0976. The number of ketones is 1. The van der Waals surface area contributed by atoms with Crippen LogP contribution in [-0.4, -0.2) is 5.78 Å². The summed E-state index contributed by atoms with van der Waals surface area (Å²) in [6.07, 6.45) is -0.198. The molecule has 0 aliphatic heterocycles. The third-order valence-corrected chi connectivity index (χ3v) is 1.85. The van der Waals surface area contributed by atoms with E-state index in [2.05, 4.69) is 0 Å². The topological polar surface area (TPSA) is 64.7 Å². The van der Waals surface area contributed by atoms with E-state index in [-0.39, 0.29) is 12.0 Å². The highest BCUT2D eigenvalue weighted by Crippen LogP contribution is 2.10. The highest BCUT2D eigenvalue weighted by Gasteiger charge is 2.14. The normalized spacial score (nSPS) is 9.33. The van der Waals surface area contributed by atoms with Gasteiger partial charge in [-0.1, -0.05) is 12.1 Å². The van der Waals surface area contributed by atoms with Gasteiger partial charge in [0.15, 0.2) is 5.78 Å². The Labute approximate surface area is 86.4 Å². The number of halogens is 1. The molecule has 1 aromatic rings. The maximum atomic E-state index is 12.7. The monoisotopic (exact) mass is 202 g/mol. The molecule has 3 nitrogen and oxygen atoms in total. The van der Waals surface area contributed by atoms with E-state index >= 15 is 0 Å². The summed E-state index contributed by atoms with van der Waals surface area (Å²) in [4.78, 5) is 11.5. The lowest BCUT2D eigenvalue weighted by Gasteiger charge is -2.00. The molecule has 74 valence electrons. The highest BCUT2D eigenvalue weighted by atomic mass is 19.1. The number of carbonyl (C=O) groups is 1. The van der Waals surface area contributed by atoms with E-state index in [1.165, 1.54) is 18.2 Å². The molecule has 0 aliphatic carbocycles. The van der Waals surface area contributed by atoms with Gasteiger partial charge >= 0.3 is 0 Å². The minimum Gasteiger partial charge on any atom is -0.294 e. The summed E-state index contributed by atoms with van der Waals surface area (Å²) in [5.41, 5.74) is 0.186. The quantitative estimate of drug-likeness (QED) is 0.704. The lowest BCUT2D eigenvalue weighted by atomic mass is 10.0. The van der Waals surface area contributed by atoms with Crippen LogP contribution in [0.25, 0.3) is 0 Å². The van der Waals surface area contributed by atoms with E-state index in [4.69, 9.17) is 10.5 Å². The first-order valence-electron chi connectivity index (χ1n) is 4.25. The van der Waals surface area contributed by atoms with Crippen LogP contribution in [0.5, 0.6) is 0 Å². The summed E-state index contributed by atoms with van der Waals surface area (Å²) in [5, 5.41) is 17.0. The first kappa shape index (κ1) is 10.9. The number of hydrogen-bond donors (Lipinski definition) is 0. The molecule has 4 heteroatoms. The molecule has 0 aliphatic rings. The molecule has 0 saturated carbocycles. The van der Waals surface area contributed by atoms with Crippen molar-refractivity contribution < 1.29 is 9.18 Å². The van der Waals surface area contributed by atoms with E-state index in [1.807, 2.05) is 0 Å². The van der Waals surface area contributed by atoms with Crippen LogP contribution in [0.2, 0.25) is 0 Å². The van der Waals surface area contributed by atoms with E-state index in [0.29, 0.717) is 0 Å². The van der Waals surface area contributed by atoms with Crippen molar-refractivity contribution in [2.75, 3.05) is 0 Å². The summed E-state index contributed by atoms with van der Waals surface area (Å²) < 4.78 is 12.7. The van der Waals surface area contributed by atoms with Crippen molar-refractivity contribution in [1.82, 2.24) is 0 Å². The van der Waals surface area contributed by atoms with Crippen LogP contribution in [0.1, 0.15) is 16.8 Å². The molecule has 0 heterocycles. The largest absolute Gasteiger partial charge is 0.294 e. The van der Waals surface area contributed by atoms with Gasteiger partial charge in [-0.3, -0.25) is 4.79 Å². The smallest absolute Gasteiger partial charge is 0.165 e. The summed E-state index contributed by atoms with van der Waals surface area (Å²) >= 11 is 0. The van der Waals surface area contributed by atoms with Crippen molar-refractivity contribution in [3.63, 3.8) is 0 Å². The van der Waals surface area contributed by atoms with Crippen molar-refractivity contribution in [2.45, 2.75) is 6.42 Å². The van der Waals surface area contributed by atoms with Crippen LogP contribution in [0, 0.1) is 34.4 Å². The number of benzene rings is 1. The molecule has 0 saturated heterocycles. The van der Waals surface area contributed by atoms with Crippen molar-refractivity contribution >= 4 is 5.78 Å². The lowest BCUT2D eigenvalue weighted by Crippen LogP contribution is -2.05. The summed E-state index contributed by atoms with van der Waals surface area (Å²) in [6, 6.07) is 8.57. The maximum Gasteiger partial charge on any atom is 0.165 e. The first-order chi connectivity index (χ1) is 7.17. The SMILES string of the molecule is N#CC(C#N)CC(=O)c1cccc(F)c1. The van der Waals surface area contributed by atoms with Gasteiger partial charge in [-0.15, -0.1) is 0 Å². The maximum absolute atomic E-state index is 12.7. The Bertz CT molecular complexity index is 442. The summed E-state index contributed by atoms with van der Waals surface area (Å²) in [5.74, 6) is -1.88. The zero-order valence-corrected chi connectivity index (χ0v) is 7.77. The molecule has 0 spiro atoms. The molecule has 0 bridgehead atoms. The zero-order valence-electron chi connectivity index (χ0n) is 7.77. The molecule has 0 fully saturated rings. The number of rotatable bonds is 3. The fourth-order valence-electron chi connectivity index (χ4n) is 1.09. The molecule has 0 radical (unpaired) electrons. The third kappa shape index (κ3) is 2.89. The van der Waals surface area contributed by atoms with Crippen molar-refractivity contribution in [2.24, 2.45) is 5.92 Å². The number of hydrogen-bond acceptors (Lipinski definition) is 3. The van der Waals surface area contributed by atoms with Crippen molar-refractivity contribution in [3.8, 4) is 12.1 Å². The van der Waals surface area contributed by atoms with Gasteiger partial charge in [0, 0.05) is 12.0 Å². The van der Waals surface area contributed by atoms with Gasteiger partial charge in [0.1, 0.15) is 11.7 Å². The molecule has 15 heavy (non-hydrogen) atoms. The molecule has 1 aromatic carbocycles. The molecular formula is C11H7FN2O. The average molecular weight is 202 g/mol. The second kappa shape index (κ2) is 4.88. The first-order valence-corrected chi connectivity index (χ1v) is 4.25. The number of carbonyl (C=O) groups excluding carboxylic acids is 1. The fourth-order valence-corrected chi connectivity index (χ4v) is 1.09. The Morgan fingerprint density at radius 2 is 2.07 bits per heavy atom. The fraction of sp³-hybridized carbons (Fsp3) is 0.182. The van der Waals surface area contributed by atoms with Gasteiger partial charge in [0.25, 0.3) is 0 Å². The molecule has 0 atom stereocenters. The molecule has 0 aromatic heterocycles. The van der Waals surface area contributed by atoms with Crippen LogP contribution in [0.3, 0.4) is 0 Å². The predicted octanol–water partition coefficient (Wildman–Crippen LogP) is 2.06. The Morgan fingerprint density at radius 3 is 2.60 bits per heavy atom. The Hall–Kier alpha value is -2.20.